The average Bonchev–Trinajstić information content (AvgIpc) is 2.44. The van der Waals surface area contributed by atoms with Crippen molar-refractivity contribution in [1.82, 2.24) is 9.88 Å². The number of ketones is 1. The van der Waals surface area contributed by atoms with Crippen LogP contribution < -0.4 is 0 Å². The first-order chi connectivity index (χ1) is 9.00. The first kappa shape index (κ1) is 13.7. The Morgan fingerprint density at radius 2 is 1.95 bits per heavy atom. The number of pyridine rings is 1. The summed E-state index contributed by atoms with van der Waals surface area (Å²) in [7, 11) is 3.89. The molecule has 100 valence electrons. The van der Waals surface area contributed by atoms with Crippen molar-refractivity contribution in [1.29, 1.82) is 0 Å². The number of carbonyl (C=O) groups is 1. The molecule has 0 saturated carbocycles. The SMILES string of the molecule is CCC(C)(C(=O)c1cncc2ccccc12)N(C)C. The second-order valence-corrected chi connectivity index (χ2v) is 5.26. The molecule has 3 nitrogen and oxygen atoms in total. The van der Waals surface area contributed by atoms with Crippen LogP contribution in [0.4, 0.5) is 0 Å². The zero-order chi connectivity index (χ0) is 14.0. The van der Waals surface area contributed by atoms with Gasteiger partial charge in [-0.1, -0.05) is 31.2 Å². The molecule has 0 aliphatic rings. The number of hydrogen-bond acceptors (Lipinski definition) is 3. The topological polar surface area (TPSA) is 33.2 Å². The predicted octanol–water partition coefficient (Wildman–Crippen LogP) is 3.15. The van der Waals surface area contributed by atoms with E-state index in [0.29, 0.717) is 5.56 Å². The van der Waals surface area contributed by atoms with Crippen LogP contribution in [0.3, 0.4) is 0 Å². The summed E-state index contributed by atoms with van der Waals surface area (Å²) >= 11 is 0. The Morgan fingerprint density at radius 1 is 1.26 bits per heavy atom. The maximum absolute atomic E-state index is 12.9. The van der Waals surface area contributed by atoms with Gasteiger partial charge < -0.3 is 0 Å². The van der Waals surface area contributed by atoms with Crippen LogP contribution in [0, 0.1) is 0 Å². The van der Waals surface area contributed by atoms with Crippen LogP contribution in [0.5, 0.6) is 0 Å². The fraction of sp³-hybridized carbons (Fsp3) is 0.375. The van der Waals surface area contributed by atoms with Crippen molar-refractivity contribution in [2.24, 2.45) is 0 Å². The molecule has 0 bridgehead atoms. The minimum Gasteiger partial charge on any atom is -0.297 e. The van der Waals surface area contributed by atoms with Crippen molar-refractivity contribution < 1.29 is 4.79 Å². The summed E-state index contributed by atoms with van der Waals surface area (Å²) < 4.78 is 0. The lowest BCUT2D eigenvalue weighted by molar-refractivity contribution is 0.0712. The largest absolute Gasteiger partial charge is 0.297 e. The molecule has 0 radical (unpaired) electrons. The Kier molecular flexibility index (Phi) is 3.67. The van der Waals surface area contributed by atoms with Gasteiger partial charge in [0, 0.05) is 23.3 Å². The van der Waals surface area contributed by atoms with Gasteiger partial charge in [0.25, 0.3) is 0 Å². The van der Waals surface area contributed by atoms with E-state index < -0.39 is 5.54 Å². The van der Waals surface area contributed by atoms with E-state index in [1.807, 2.05) is 57.1 Å². The third kappa shape index (κ3) is 2.26. The van der Waals surface area contributed by atoms with Gasteiger partial charge in [-0.25, -0.2) is 0 Å². The van der Waals surface area contributed by atoms with Crippen LogP contribution in [-0.4, -0.2) is 35.3 Å². The van der Waals surface area contributed by atoms with Crippen molar-refractivity contribution in [2.75, 3.05) is 14.1 Å². The summed E-state index contributed by atoms with van der Waals surface area (Å²) in [6, 6.07) is 7.88. The molecule has 19 heavy (non-hydrogen) atoms. The fourth-order valence-corrected chi connectivity index (χ4v) is 2.27. The highest BCUT2D eigenvalue weighted by Gasteiger charge is 2.35. The number of carbonyl (C=O) groups excluding carboxylic acids is 1. The molecule has 1 unspecified atom stereocenters. The summed E-state index contributed by atoms with van der Waals surface area (Å²) in [6.45, 7) is 4.02. The summed E-state index contributed by atoms with van der Waals surface area (Å²) in [5.74, 6) is 0.129. The molecule has 0 aliphatic carbocycles. The van der Waals surface area contributed by atoms with E-state index in [1.165, 1.54) is 0 Å². The average molecular weight is 256 g/mol. The molecule has 1 heterocycles. The number of benzene rings is 1. The molecular formula is C16H20N2O. The van der Waals surface area contributed by atoms with E-state index in [-0.39, 0.29) is 5.78 Å². The van der Waals surface area contributed by atoms with Gasteiger partial charge in [-0.15, -0.1) is 0 Å². The third-order valence-corrected chi connectivity index (χ3v) is 4.08. The monoisotopic (exact) mass is 256 g/mol. The molecule has 3 heteroatoms. The van der Waals surface area contributed by atoms with Gasteiger partial charge in [0.05, 0.1) is 5.54 Å². The Hall–Kier alpha value is -1.74. The van der Waals surface area contributed by atoms with Crippen LogP contribution >= 0.6 is 0 Å². The molecule has 1 atom stereocenters. The normalized spacial score (nSPS) is 14.6. The van der Waals surface area contributed by atoms with Gasteiger partial charge in [0.2, 0.25) is 0 Å². The first-order valence-corrected chi connectivity index (χ1v) is 6.55. The summed E-state index contributed by atoms with van der Waals surface area (Å²) in [5.41, 5.74) is 0.211. The fourth-order valence-electron chi connectivity index (χ4n) is 2.27. The van der Waals surface area contributed by atoms with Gasteiger partial charge in [-0.3, -0.25) is 14.7 Å². The highest BCUT2D eigenvalue weighted by atomic mass is 16.1. The van der Waals surface area contributed by atoms with E-state index >= 15 is 0 Å². The third-order valence-electron chi connectivity index (χ3n) is 4.08. The van der Waals surface area contributed by atoms with Crippen LogP contribution in [-0.2, 0) is 0 Å². The van der Waals surface area contributed by atoms with E-state index in [1.54, 1.807) is 12.4 Å². The Balaban J connectivity index is 2.59. The molecule has 0 fully saturated rings. The Labute approximate surface area is 114 Å². The molecule has 1 aromatic heterocycles. The lowest BCUT2D eigenvalue weighted by atomic mass is 9.86. The van der Waals surface area contributed by atoms with Gasteiger partial charge in [0.15, 0.2) is 5.78 Å². The summed E-state index contributed by atoms with van der Waals surface area (Å²) in [4.78, 5) is 19.1. The maximum atomic E-state index is 12.9. The molecule has 0 aliphatic heterocycles. The van der Waals surface area contributed by atoms with Crippen LogP contribution in [0.25, 0.3) is 10.8 Å². The van der Waals surface area contributed by atoms with Crippen molar-refractivity contribution in [2.45, 2.75) is 25.8 Å². The molecule has 2 aromatic rings. The number of nitrogens with zero attached hydrogens (tertiary/aromatic N) is 2. The molecule has 0 saturated heterocycles. The molecule has 1 aromatic carbocycles. The molecule has 2 rings (SSSR count). The zero-order valence-electron chi connectivity index (χ0n) is 12.0. The van der Waals surface area contributed by atoms with E-state index in [9.17, 15) is 4.79 Å². The van der Waals surface area contributed by atoms with Crippen molar-refractivity contribution >= 4 is 16.6 Å². The second-order valence-electron chi connectivity index (χ2n) is 5.26. The van der Waals surface area contributed by atoms with Crippen molar-refractivity contribution in [3.63, 3.8) is 0 Å². The van der Waals surface area contributed by atoms with Crippen LogP contribution in [0.2, 0.25) is 0 Å². The minimum absolute atomic E-state index is 0.129. The Morgan fingerprint density at radius 3 is 2.58 bits per heavy atom. The number of hydrogen-bond donors (Lipinski definition) is 0. The number of likely N-dealkylation sites (N-methyl/N-ethyl adjacent to an activating group) is 1. The van der Waals surface area contributed by atoms with Gasteiger partial charge >= 0.3 is 0 Å². The zero-order valence-corrected chi connectivity index (χ0v) is 12.0. The molecule has 0 spiro atoms. The van der Waals surface area contributed by atoms with Gasteiger partial charge in [-0.2, -0.15) is 0 Å². The molecule has 0 amide bonds. The molecular weight excluding hydrogens is 236 g/mol. The van der Waals surface area contributed by atoms with Gasteiger partial charge in [-0.05, 0) is 32.8 Å². The lowest BCUT2D eigenvalue weighted by Gasteiger charge is -2.34. The highest BCUT2D eigenvalue weighted by Crippen LogP contribution is 2.26. The smallest absolute Gasteiger partial charge is 0.184 e. The number of Topliss-reactive ketones (excluding diaryl/α,β-unsaturated/α-hetero) is 1. The Bertz CT molecular complexity index is 601. The van der Waals surface area contributed by atoms with E-state index in [4.69, 9.17) is 0 Å². The first-order valence-electron chi connectivity index (χ1n) is 6.55. The number of fused-ring (bicyclic) bond motifs is 1. The predicted molar refractivity (Wildman–Crippen MR) is 78.5 cm³/mol. The maximum Gasteiger partial charge on any atom is 0.184 e. The summed E-state index contributed by atoms with van der Waals surface area (Å²) in [6.07, 6.45) is 4.25. The van der Waals surface area contributed by atoms with Crippen LogP contribution in [0.1, 0.15) is 30.6 Å². The standard InChI is InChI=1S/C16H20N2O/c1-5-16(2,18(3)4)15(19)14-11-17-10-12-8-6-7-9-13(12)14/h6-11H,5H2,1-4H3. The van der Waals surface area contributed by atoms with Gasteiger partial charge in [0.1, 0.15) is 0 Å². The van der Waals surface area contributed by atoms with Crippen molar-refractivity contribution in [3.05, 3.63) is 42.2 Å². The summed E-state index contributed by atoms with van der Waals surface area (Å²) in [5, 5.41) is 1.98. The van der Waals surface area contributed by atoms with E-state index in [0.717, 1.165) is 17.2 Å². The highest BCUT2D eigenvalue weighted by molar-refractivity contribution is 6.11. The van der Waals surface area contributed by atoms with E-state index in [2.05, 4.69) is 4.98 Å². The number of rotatable bonds is 4. The van der Waals surface area contributed by atoms with Crippen LogP contribution in [0.15, 0.2) is 36.7 Å². The quantitative estimate of drug-likeness (QED) is 0.788. The number of aromatic nitrogens is 1. The second kappa shape index (κ2) is 5.10. The molecule has 0 N–H and O–H groups in total. The van der Waals surface area contributed by atoms with Crippen molar-refractivity contribution in [3.8, 4) is 0 Å². The lowest BCUT2D eigenvalue weighted by Crippen LogP contribution is -2.48. The minimum atomic E-state index is -0.494.